The molecule has 0 aliphatic carbocycles. The highest BCUT2D eigenvalue weighted by Gasteiger charge is 2.27. The highest BCUT2D eigenvalue weighted by Crippen LogP contribution is 2.28. The van der Waals surface area contributed by atoms with E-state index in [0.29, 0.717) is 20.3 Å². The molecule has 0 saturated carbocycles. The smallest absolute Gasteiger partial charge is 0.261 e. The molecule has 0 bridgehead atoms. The molecule has 2 rings (SSSR count). The van der Waals surface area contributed by atoms with Crippen LogP contribution in [0.15, 0.2) is 46.9 Å². The van der Waals surface area contributed by atoms with Gasteiger partial charge in [0.15, 0.2) is 6.61 Å². The number of ether oxygens (including phenoxy) is 1. The van der Waals surface area contributed by atoms with Gasteiger partial charge in [0.25, 0.3) is 5.91 Å². The van der Waals surface area contributed by atoms with Crippen LogP contribution in [0.5, 0.6) is 5.75 Å². The second-order valence-corrected chi connectivity index (χ2v) is 8.73. The molecule has 0 aliphatic rings. The molecular formula is C22H25BrCl2N2O3. The van der Waals surface area contributed by atoms with Crippen molar-refractivity contribution in [2.24, 2.45) is 0 Å². The van der Waals surface area contributed by atoms with Crippen LogP contribution >= 0.6 is 39.1 Å². The summed E-state index contributed by atoms with van der Waals surface area (Å²) in [6.07, 6.45) is 0.803. The average molecular weight is 516 g/mol. The van der Waals surface area contributed by atoms with Crippen LogP contribution in [0.2, 0.25) is 10.0 Å². The molecule has 0 saturated heterocycles. The maximum atomic E-state index is 13.0. The summed E-state index contributed by atoms with van der Waals surface area (Å²) in [6.45, 7) is 5.68. The average Bonchev–Trinajstić information content (AvgIpc) is 2.71. The Kier molecular flexibility index (Phi) is 9.46. The first kappa shape index (κ1) is 24.5. The van der Waals surface area contributed by atoms with Crippen molar-refractivity contribution >= 4 is 50.9 Å². The van der Waals surface area contributed by atoms with Gasteiger partial charge in [-0.2, -0.15) is 0 Å². The van der Waals surface area contributed by atoms with Gasteiger partial charge in [-0.3, -0.25) is 9.59 Å². The number of halogens is 3. The molecule has 30 heavy (non-hydrogen) atoms. The predicted octanol–water partition coefficient (Wildman–Crippen LogP) is 5.47. The van der Waals surface area contributed by atoms with E-state index in [9.17, 15) is 9.59 Å². The largest absolute Gasteiger partial charge is 0.483 e. The summed E-state index contributed by atoms with van der Waals surface area (Å²) in [5.41, 5.74) is 0.864. The monoisotopic (exact) mass is 514 g/mol. The molecule has 162 valence electrons. The molecule has 2 atom stereocenters. The van der Waals surface area contributed by atoms with Gasteiger partial charge >= 0.3 is 0 Å². The summed E-state index contributed by atoms with van der Waals surface area (Å²) in [7, 11) is 0. The fourth-order valence-corrected chi connectivity index (χ4v) is 3.57. The van der Waals surface area contributed by atoms with E-state index in [2.05, 4.69) is 21.2 Å². The number of carbonyl (C=O) groups excluding carboxylic acids is 2. The van der Waals surface area contributed by atoms with Gasteiger partial charge in [0.05, 0.1) is 4.47 Å². The first-order valence-electron chi connectivity index (χ1n) is 9.63. The number of rotatable bonds is 9. The van der Waals surface area contributed by atoms with Crippen molar-refractivity contribution in [3.8, 4) is 5.75 Å². The van der Waals surface area contributed by atoms with Gasteiger partial charge in [0, 0.05) is 22.6 Å². The van der Waals surface area contributed by atoms with Gasteiger partial charge in [-0.15, -0.1) is 0 Å². The normalized spacial score (nSPS) is 12.7. The first-order valence-corrected chi connectivity index (χ1v) is 11.2. The van der Waals surface area contributed by atoms with Gasteiger partial charge in [0.1, 0.15) is 11.8 Å². The van der Waals surface area contributed by atoms with Gasteiger partial charge < -0.3 is 15.0 Å². The molecule has 5 nitrogen and oxygen atoms in total. The van der Waals surface area contributed by atoms with Crippen molar-refractivity contribution in [1.82, 2.24) is 10.2 Å². The number of benzene rings is 2. The zero-order valence-electron chi connectivity index (χ0n) is 17.1. The van der Waals surface area contributed by atoms with E-state index >= 15 is 0 Å². The summed E-state index contributed by atoms with van der Waals surface area (Å²) in [5, 5.41) is 4.09. The number of hydrogen-bond acceptors (Lipinski definition) is 3. The molecule has 0 radical (unpaired) electrons. The van der Waals surface area contributed by atoms with Crippen LogP contribution in [0.25, 0.3) is 0 Å². The molecule has 0 fully saturated rings. The predicted molar refractivity (Wildman–Crippen MR) is 124 cm³/mol. The molecule has 0 heterocycles. The van der Waals surface area contributed by atoms with Crippen LogP contribution in [0.3, 0.4) is 0 Å². The summed E-state index contributed by atoms with van der Waals surface area (Å²) in [5.74, 6) is -0.0196. The summed E-state index contributed by atoms with van der Waals surface area (Å²) >= 11 is 15.3. The molecule has 2 aromatic carbocycles. The van der Waals surface area contributed by atoms with E-state index in [-0.39, 0.29) is 31.0 Å². The first-order chi connectivity index (χ1) is 14.2. The fraction of sp³-hybridized carbons (Fsp3) is 0.364. The lowest BCUT2D eigenvalue weighted by molar-refractivity contribution is -0.142. The molecule has 0 unspecified atom stereocenters. The fourth-order valence-electron chi connectivity index (χ4n) is 2.65. The van der Waals surface area contributed by atoms with Crippen LogP contribution < -0.4 is 10.1 Å². The van der Waals surface area contributed by atoms with E-state index < -0.39 is 6.04 Å². The summed E-state index contributed by atoms with van der Waals surface area (Å²) < 4.78 is 6.32. The number of carbonyl (C=O) groups is 2. The van der Waals surface area contributed by atoms with Crippen molar-refractivity contribution < 1.29 is 14.3 Å². The minimum absolute atomic E-state index is 0.0220. The minimum atomic E-state index is -0.667. The highest BCUT2D eigenvalue weighted by molar-refractivity contribution is 9.10. The quantitative estimate of drug-likeness (QED) is 0.482. The number of nitrogens with one attached hydrogen (secondary N) is 1. The van der Waals surface area contributed by atoms with Crippen LogP contribution in [-0.4, -0.2) is 35.4 Å². The van der Waals surface area contributed by atoms with E-state index in [1.807, 2.05) is 26.0 Å². The third kappa shape index (κ3) is 7.18. The topological polar surface area (TPSA) is 58.6 Å². The van der Waals surface area contributed by atoms with Crippen LogP contribution in [0.4, 0.5) is 0 Å². The zero-order chi connectivity index (χ0) is 22.3. The second-order valence-electron chi connectivity index (χ2n) is 7.01. The Hall–Kier alpha value is -1.76. The van der Waals surface area contributed by atoms with Crippen molar-refractivity contribution in [1.29, 1.82) is 0 Å². The van der Waals surface area contributed by atoms with Crippen molar-refractivity contribution in [3.05, 3.63) is 62.5 Å². The molecule has 0 aliphatic heterocycles. The van der Waals surface area contributed by atoms with Gasteiger partial charge in [-0.1, -0.05) is 42.3 Å². The van der Waals surface area contributed by atoms with Crippen LogP contribution in [0, 0.1) is 0 Å². The highest BCUT2D eigenvalue weighted by atomic mass is 79.9. The lowest BCUT2D eigenvalue weighted by Crippen LogP contribution is -2.50. The van der Waals surface area contributed by atoms with E-state index in [1.54, 1.807) is 37.3 Å². The van der Waals surface area contributed by atoms with Gasteiger partial charge in [-0.25, -0.2) is 0 Å². The molecule has 2 aromatic rings. The Labute approximate surface area is 195 Å². The van der Waals surface area contributed by atoms with E-state index in [4.69, 9.17) is 27.9 Å². The minimum Gasteiger partial charge on any atom is -0.483 e. The second kappa shape index (κ2) is 11.6. The molecule has 1 N–H and O–H groups in total. The van der Waals surface area contributed by atoms with Gasteiger partial charge in [-0.05, 0) is 72.1 Å². The molecule has 0 aromatic heterocycles. The van der Waals surface area contributed by atoms with E-state index in [1.165, 1.54) is 4.90 Å². The third-order valence-electron chi connectivity index (χ3n) is 4.68. The lowest BCUT2D eigenvalue weighted by Gasteiger charge is -2.29. The Morgan fingerprint density at radius 1 is 1.10 bits per heavy atom. The Bertz CT molecular complexity index is 877. The lowest BCUT2D eigenvalue weighted by atomic mass is 10.1. The Morgan fingerprint density at radius 2 is 1.73 bits per heavy atom. The Balaban J connectivity index is 2.16. The maximum absolute atomic E-state index is 13.0. The van der Waals surface area contributed by atoms with E-state index in [0.717, 1.165) is 12.0 Å². The molecule has 8 heteroatoms. The SMILES string of the molecule is CC[C@H](C)NC(=O)[C@@H](C)N(Cc1ccc(Cl)cc1)C(=O)COc1ccc(Cl)cc1Br. The number of hydrogen-bond donors (Lipinski definition) is 1. The summed E-state index contributed by atoms with van der Waals surface area (Å²) in [4.78, 5) is 27.2. The zero-order valence-corrected chi connectivity index (χ0v) is 20.2. The standard InChI is InChI=1S/C22H25BrCl2N2O3/c1-4-14(2)26-22(29)15(3)27(12-16-5-7-17(24)8-6-16)21(28)13-30-20-10-9-18(25)11-19(20)23/h5-11,14-15H,4,12-13H2,1-3H3,(H,26,29)/t14-,15+/m0/s1. The third-order valence-corrected chi connectivity index (χ3v) is 5.79. The van der Waals surface area contributed by atoms with Crippen molar-refractivity contribution in [2.45, 2.75) is 45.8 Å². The summed E-state index contributed by atoms with van der Waals surface area (Å²) in [6, 6.07) is 11.6. The van der Waals surface area contributed by atoms with Gasteiger partial charge in [0.2, 0.25) is 5.91 Å². The number of amides is 2. The van der Waals surface area contributed by atoms with Crippen LogP contribution in [0.1, 0.15) is 32.8 Å². The number of nitrogens with zero attached hydrogens (tertiary/aromatic N) is 1. The molecule has 0 spiro atoms. The van der Waals surface area contributed by atoms with Crippen molar-refractivity contribution in [3.63, 3.8) is 0 Å². The molecular weight excluding hydrogens is 491 g/mol. The molecule has 2 amide bonds. The maximum Gasteiger partial charge on any atom is 0.261 e. The van der Waals surface area contributed by atoms with Crippen molar-refractivity contribution in [2.75, 3.05) is 6.61 Å². The Morgan fingerprint density at radius 3 is 2.33 bits per heavy atom. The van der Waals surface area contributed by atoms with Crippen LogP contribution in [-0.2, 0) is 16.1 Å².